The van der Waals surface area contributed by atoms with Crippen molar-refractivity contribution in [1.29, 1.82) is 0 Å². The van der Waals surface area contributed by atoms with E-state index in [1.165, 1.54) is 5.56 Å². The van der Waals surface area contributed by atoms with Crippen molar-refractivity contribution in [3.05, 3.63) is 93.9 Å². The molecule has 0 saturated heterocycles. The number of halogens is 1. The molecule has 3 heterocycles. The van der Waals surface area contributed by atoms with E-state index < -0.39 is 0 Å². The highest BCUT2D eigenvalue weighted by Gasteiger charge is 2.21. The summed E-state index contributed by atoms with van der Waals surface area (Å²) >= 11 is 6.59. The first kappa shape index (κ1) is 23.0. The first-order chi connectivity index (χ1) is 15.8. The van der Waals surface area contributed by atoms with E-state index in [4.69, 9.17) is 16.3 Å². The van der Waals surface area contributed by atoms with Crippen LogP contribution in [0.3, 0.4) is 0 Å². The second kappa shape index (κ2) is 9.75. The van der Waals surface area contributed by atoms with Crippen molar-refractivity contribution < 1.29 is 4.74 Å². The second-order valence-corrected chi connectivity index (χ2v) is 9.18. The van der Waals surface area contributed by atoms with Crippen LogP contribution < -0.4 is 4.90 Å². The largest absolute Gasteiger partial charge is 0.489 e. The molecule has 3 aromatic rings. The molecule has 4 rings (SSSR count). The van der Waals surface area contributed by atoms with Crippen LogP contribution in [0, 0.1) is 6.92 Å². The van der Waals surface area contributed by atoms with Gasteiger partial charge in [-0.1, -0.05) is 55.3 Å². The van der Waals surface area contributed by atoms with Crippen LogP contribution in [0.15, 0.2) is 71.9 Å². The Hall–Kier alpha value is -3.18. The van der Waals surface area contributed by atoms with Crippen molar-refractivity contribution in [3.8, 4) is 11.4 Å². The van der Waals surface area contributed by atoms with E-state index >= 15 is 0 Å². The van der Waals surface area contributed by atoms with E-state index in [2.05, 4.69) is 84.8 Å². The summed E-state index contributed by atoms with van der Waals surface area (Å²) in [6.07, 6.45) is 5.55. The predicted molar refractivity (Wildman–Crippen MR) is 134 cm³/mol. The molecule has 170 valence electrons. The van der Waals surface area contributed by atoms with Gasteiger partial charge in [-0.2, -0.15) is 0 Å². The molecule has 5 nitrogen and oxygen atoms in total. The number of aryl methyl sites for hydroxylation is 1. The summed E-state index contributed by atoms with van der Waals surface area (Å²) in [4.78, 5) is 15.8. The van der Waals surface area contributed by atoms with Crippen LogP contribution in [0.25, 0.3) is 11.4 Å². The summed E-state index contributed by atoms with van der Waals surface area (Å²) in [5, 5.41) is 0.599. The third-order valence-electron chi connectivity index (χ3n) is 5.64. The number of nitrogens with zero attached hydrogens (tertiary/aromatic N) is 4. The summed E-state index contributed by atoms with van der Waals surface area (Å²) in [7, 11) is 0. The summed E-state index contributed by atoms with van der Waals surface area (Å²) in [6, 6.07) is 12.3. The third-order valence-corrected chi connectivity index (χ3v) is 5.93. The van der Waals surface area contributed by atoms with Gasteiger partial charge in [-0.3, -0.25) is 4.98 Å². The molecule has 1 aromatic carbocycles. The van der Waals surface area contributed by atoms with E-state index in [9.17, 15) is 0 Å². The number of benzene rings is 1. The zero-order valence-electron chi connectivity index (χ0n) is 19.8. The number of hydrogen-bond donors (Lipinski definition) is 0. The summed E-state index contributed by atoms with van der Waals surface area (Å²) in [5.41, 5.74) is 7.06. The first-order valence-electron chi connectivity index (χ1n) is 11.1. The molecule has 0 atom stereocenters. The van der Waals surface area contributed by atoms with E-state index in [0.717, 1.165) is 45.5 Å². The van der Waals surface area contributed by atoms with Gasteiger partial charge in [-0.05, 0) is 50.1 Å². The van der Waals surface area contributed by atoms with E-state index in [1.807, 2.05) is 12.1 Å². The fraction of sp³-hybridized carbons (Fsp3) is 0.296. The van der Waals surface area contributed by atoms with Crippen LogP contribution >= 0.6 is 11.6 Å². The number of allylic oxidation sites excluding steroid dienone is 2. The molecule has 0 N–H and O–H groups in total. The Balaban J connectivity index is 1.57. The van der Waals surface area contributed by atoms with E-state index in [1.54, 1.807) is 12.4 Å². The van der Waals surface area contributed by atoms with Crippen molar-refractivity contribution in [3.63, 3.8) is 0 Å². The van der Waals surface area contributed by atoms with Crippen molar-refractivity contribution in [2.75, 3.05) is 11.4 Å². The average molecular weight is 461 g/mol. The number of anilines is 1. The highest BCUT2D eigenvalue weighted by Crippen LogP contribution is 2.34. The molecule has 0 amide bonds. The smallest absolute Gasteiger partial charge is 0.131 e. The first-order valence-corrected chi connectivity index (χ1v) is 11.5. The SMILES string of the molecule is CC1=CC(OCc2cccc(C)c2)=C(C)CN1c1cc(-c2ccnc(C(C)C)n2)ncc1Cl. The Labute approximate surface area is 200 Å². The van der Waals surface area contributed by atoms with Crippen LogP contribution in [0.2, 0.25) is 5.02 Å². The van der Waals surface area contributed by atoms with Gasteiger partial charge in [0.25, 0.3) is 0 Å². The molecule has 1 aliphatic heterocycles. The number of hydrogen-bond acceptors (Lipinski definition) is 5. The lowest BCUT2D eigenvalue weighted by molar-refractivity contribution is 0.206. The minimum absolute atomic E-state index is 0.245. The fourth-order valence-corrected chi connectivity index (χ4v) is 4.01. The zero-order valence-corrected chi connectivity index (χ0v) is 20.5. The molecular weight excluding hydrogens is 432 g/mol. The molecular formula is C27H29ClN4O. The lowest BCUT2D eigenvalue weighted by atomic mass is 10.1. The van der Waals surface area contributed by atoms with Crippen molar-refractivity contribution in [2.24, 2.45) is 0 Å². The standard InChI is InChI=1S/C27H29ClN4O/c1-17(2)27-29-10-9-23(31-27)24-13-25(22(28)14-30-24)32-15-19(4)26(12-20(32)5)33-16-21-8-6-7-18(3)11-21/h6-14,17H,15-16H2,1-5H3. The van der Waals surface area contributed by atoms with Gasteiger partial charge in [0.1, 0.15) is 18.2 Å². The maximum Gasteiger partial charge on any atom is 0.131 e. The number of rotatable bonds is 6. The summed E-state index contributed by atoms with van der Waals surface area (Å²) in [6.45, 7) is 11.6. The van der Waals surface area contributed by atoms with Gasteiger partial charge in [0.05, 0.1) is 22.1 Å². The number of ether oxygens (including phenoxy) is 1. The third kappa shape index (κ3) is 5.25. The molecule has 0 bridgehead atoms. The molecule has 0 fully saturated rings. The van der Waals surface area contributed by atoms with Gasteiger partial charge in [0.15, 0.2) is 0 Å². The van der Waals surface area contributed by atoms with Gasteiger partial charge in [0.2, 0.25) is 0 Å². The Morgan fingerprint density at radius 3 is 2.64 bits per heavy atom. The van der Waals surface area contributed by atoms with Gasteiger partial charge < -0.3 is 9.64 Å². The summed E-state index contributed by atoms with van der Waals surface area (Å²) < 4.78 is 6.16. The number of pyridine rings is 1. The molecule has 0 aliphatic carbocycles. The topological polar surface area (TPSA) is 51.1 Å². The lowest BCUT2D eigenvalue weighted by Gasteiger charge is -2.31. The molecule has 33 heavy (non-hydrogen) atoms. The van der Waals surface area contributed by atoms with Crippen LogP contribution in [0.5, 0.6) is 0 Å². The molecule has 1 aliphatic rings. The molecule has 0 saturated carbocycles. The van der Waals surface area contributed by atoms with Crippen molar-refractivity contribution in [2.45, 2.75) is 47.1 Å². The molecule has 2 aromatic heterocycles. The number of aromatic nitrogens is 3. The van der Waals surface area contributed by atoms with Gasteiger partial charge in [-0.15, -0.1) is 0 Å². The maximum atomic E-state index is 6.59. The van der Waals surface area contributed by atoms with Crippen LogP contribution in [0.4, 0.5) is 5.69 Å². The van der Waals surface area contributed by atoms with Gasteiger partial charge in [0, 0.05) is 30.6 Å². The monoisotopic (exact) mass is 460 g/mol. The van der Waals surface area contributed by atoms with Crippen LogP contribution in [-0.2, 0) is 11.3 Å². The molecule has 0 spiro atoms. The fourth-order valence-electron chi connectivity index (χ4n) is 3.80. The highest BCUT2D eigenvalue weighted by atomic mass is 35.5. The maximum absolute atomic E-state index is 6.59. The molecule has 0 radical (unpaired) electrons. The normalized spacial score (nSPS) is 14.0. The van der Waals surface area contributed by atoms with Crippen LogP contribution in [-0.4, -0.2) is 21.5 Å². The molecule has 6 heteroatoms. The average Bonchev–Trinajstić information content (AvgIpc) is 2.80. The highest BCUT2D eigenvalue weighted by molar-refractivity contribution is 6.33. The Morgan fingerprint density at radius 1 is 1.06 bits per heavy atom. The minimum Gasteiger partial charge on any atom is -0.489 e. The Morgan fingerprint density at radius 2 is 1.88 bits per heavy atom. The second-order valence-electron chi connectivity index (χ2n) is 8.77. The lowest BCUT2D eigenvalue weighted by Crippen LogP contribution is -2.27. The summed E-state index contributed by atoms with van der Waals surface area (Å²) in [5.74, 6) is 1.96. The van der Waals surface area contributed by atoms with Crippen LogP contribution in [0.1, 0.15) is 50.6 Å². The van der Waals surface area contributed by atoms with Gasteiger partial charge >= 0.3 is 0 Å². The Bertz CT molecular complexity index is 1230. The quantitative estimate of drug-likeness (QED) is 0.403. The van der Waals surface area contributed by atoms with Gasteiger partial charge in [-0.25, -0.2) is 9.97 Å². The van der Waals surface area contributed by atoms with E-state index in [-0.39, 0.29) is 5.92 Å². The van der Waals surface area contributed by atoms with Crippen molar-refractivity contribution in [1.82, 2.24) is 15.0 Å². The van der Waals surface area contributed by atoms with E-state index in [0.29, 0.717) is 18.2 Å². The predicted octanol–water partition coefficient (Wildman–Crippen LogP) is 6.84. The zero-order chi connectivity index (χ0) is 23.5. The minimum atomic E-state index is 0.245. The molecule has 0 unspecified atom stereocenters. The Kier molecular flexibility index (Phi) is 6.80. The van der Waals surface area contributed by atoms with Crippen molar-refractivity contribution >= 4 is 17.3 Å².